The van der Waals surface area contributed by atoms with Crippen LogP contribution in [0, 0.1) is 5.82 Å². The van der Waals surface area contributed by atoms with Gasteiger partial charge in [0.25, 0.3) is 0 Å². The topological polar surface area (TPSA) is 80.2 Å². The fourth-order valence-electron chi connectivity index (χ4n) is 3.20. The van der Waals surface area contributed by atoms with Crippen LogP contribution < -0.4 is 10.1 Å². The molecule has 146 valence electrons. The van der Waals surface area contributed by atoms with Gasteiger partial charge in [-0.2, -0.15) is 0 Å². The summed E-state index contributed by atoms with van der Waals surface area (Å²) in [6, 6.07) is 9.10. The van der Waals surface area contributed by atoms with Gasteiger partial charge in [-0.15, -0.1) is 0 Å². The van der Waals surface area contributed by atoms with Gasteiger partial charge in [-0.25, -0.2) is 9.18 Å². The molecule has 1 aliphatic rings. The number of ether oxygens (including phenoxy) is 2. The molecule has 6 nitrogen and oxygen atoms in total. The van der Waals surface area contributed by atoms with E-state index in [2.05, 4.69) is 10.5 Å². The number of nitrogens with zero attached hydrogens (tertiary/aromatic N) is 1. The minimum absolute atomic E-state index is 0.125. The van der Waals surface area contributed by atoms with Crippen LogP contribution in [0.5, 0.6) is 5.75 Å². The van der Waals surface area contributed by atoms with Gasteiger partial charge in [0.15, 0.2) is 0 Å². The van der Waals surface area contributed by atoms with Crippen molar-refractivity contribution in [3.05, 3.63) is 64.6 Å². The van der Waals surface area contributed by atoms with Crippen molar-refractivity contribution in [1.29, 1.82) is 0 Å². The number of carbonyl (C=O) groups is 1. The summed E-state index contributed by atoms with van der Waals surface area (Å²) in [4.78, 5) is 12.0. The highest BCUT2D eigenvalue weighted by atomic mass is 35.5. The summed E-state index contributed by atoms with van der Waals surface area (Å²) in [7, 11) is 2.70. The molecule has 0 saturated carbocycles. The Morgan fingerprint density at radius 2 is 2.04 bits per heavy atom. The Balaban J connectivity index is 2.19. The van der Waals surface area contributed by atoms with Crippen molar-refractivity contribution < 1.29 is 23.9 Å². The van der Waals surface area contributed by atoms with E-state index in [0.29, 0.717) is 27.5 Å². The zero-order chi connectivity index (χ0) is 20.3. The molecule has 0 fully saturated rings. The zero-order valence-corrected chi connectivity index (χ0v) is 16.0. The summed E-state index contributed by atoms with van der Waals surface area (Å²) in [5, 5.41) is 15.9. The highest BCUT2D eigenvalue weighted by Gasteiger charge is 2.29. The number of oxime groups is 1. The summed E-state index contributed by atoms with van der Waals surface area (Å²) in [6.07, 6.45) is 1.65. The van der Waals surface area contributed by atoms with E-state index in [9.17, 15) is 14.4 Å². The minimum atomic E-state index is -0.612. The summed E-state index contributed by atoms with van der Waals surface area (Å²) >= 11 is 6.28. The smallest absolute Gasteiger partial charge is 0.354 e. The third-order valence-electron chi connectivity index (χ3n) is 4.45. The van der Waals surface area contributed by atoms with Gasteiger partial charge in [0.1, 0.15) is 17.3 Å². The minimum Gasteiger partial charge on any atom is -0.495 e. The van der Waals surface area contributed by atoms with E-state index in [4.69, 9.17) is 21.1 Å². The van der Waals surface area contributed by atoms with Crippen LogP contribution in [0.15, 0.2) is 53.3 Å². The number of esters is 1. The predicted molar refractivity (Wildman–Crippen MR) is 103 cm³/mol. The maximum atomic E-state index is 14.6. The maximum Gasteiger partial charge on any atom is 0.354 e. The Morgan fingerprint density at radius 1 is 1.29 bits per heavy atom. The molecule has 0 aromatic heterocycles. The van der Waals surface area contributed by atoms with Gasteiger partial charge in [0, 0.05) is 17.5 Å². The number of benzene rings is 2. The lowest BCUT2D eigenvalue weighted by molar-refractivity contribution is -0.136. The molecule has 2 aromatic carbocycles. The van der Waals surface area contributed by atoms with Crippen LogP contribution in [0.4, 0.5) is 4.39 Å². The highest BCUT2D eigenvalue weighted by molar-refractivity contribution is 6.32. The van der Waals surface area contributed by atoms with Crippen molar-refractivity contribution in [2.45, 2.75) is 12.5 Å². The molecule has 1 heterocycles. The normalized spacial score (nSPS) is 17.6. The molecule has 0 spiro atoms. The van der Waals surface area contributed by atoms with E-state index in [1.54, 1.807) is 30.3 Å². The van der Waals surface area contributed by atoms with Crippen LogP contribution in [0.2, 0.25) is 5.02 Å². The van der Waals surface area contributed by atoms with E-state index >= 15 is 0 Å². The van der Waals surface area contributed by atoms with Crippen LogP contribution in [-0.4, -0.2) is 31.1 Å². The van der Waals surface area contributed by atoms with Crippen LogP contribution >= 0.6 is 11.6 Å². The zero-order valence-electron chi connectivity index (χ0n) is 15.2. The van der Waals surface area contributed by atoms with Crippen LogP contribution in [0.25, 0.3) is 11.1 Å². The standard InChI is InChI=1S/C20H18ClFN2O4/c1-27-19-14(21)8-7-13(18(19)12-5-3-4-6-15(12)22)16-9-11(24-26)10-17(23-16)20(25)28-2/h3-8,10,16,23,26H,9H2,1-2H3. The first kappa shape index (κ1) is 19.7. The van der Waals surface area contributed by atoms with Crippen LogP contribution in [0.1, 0.15) is 18.0 Å². The molecule has 0 bridgehead atoms. The molecule has 28 heavy (non-hydrogen) atoms. The molecule has 0 radical (unpaired) electrons. The van der Waals surface area contributed by atoms with Crippen molar-refractivity contribution in [3.63, 3.8) is 0 Å². The third kappa shape index (κ3) is 3.66. The first-order valence-electron chi connectivity index (χ1n) is 8.38. The largest absolute Gasteiger partial charge is 0.495 e. The first-order chi connectivity index (χ1) is 13.5. The highest BCUT2D eigenvalue weighted by Crippen LogP contribution is 2.43. The quantitative estimate of drug-likeness (QED) is 0.456. The number of hydrogen-bond acceptors (Lipinski definition) is 6. The van der Waals surface area contributed by atoms with Crippen LogP contribution in [0.3, 0.4) is 0 Å². The van der Waals surface area contributed by atoms with Gasteiger partial charge in [0.05, 0.1) is 31.0 Å². The van der Waals surface area contributed by atoms with E-state index in [1.807, 2.05) is 0 Å². The molecule has 2 aromatic rings. The monoisotopic (exact) mass is 404 g/mol. The molecule has 1 unspecified atom stereocenters. The second-order valence-corrected chi connectivity index (χ2v) is 6.47. The summed E-state index contributed by atoms with van der Waals surface area (Å²) in [5.41, 5.74) is 1.78. The van der Waals surface area contributed by atoms with E-state index in [-0.39, 0.29) is 17.8 Å². The lowest BCUT2D eigenvalue weighted by atomic mass is 9.89. The van der Waals surface area contributed by atoms with Gasteiger partial charge < -0.3 is 20.0 Å². The molecule has 0 aliphatic carbocycles. The van der Waals surface area contributed by atoms with Crippen molar-refractivity contribution >= 4 is 23.3 Å². The molecule has 8 heteroatoms. The Labute approximate surface area is 166 Å². The molecule has 0 saturated heterocycles. The number of rotatable bonds is 4. The predicted octanol–water partition coefficient (Wildman–Crippen LogP) is 4.08. The average Bonchev–Trinajstić information content (AvgIpc) is 2.72. The SMILES string of the molecule is COC(=O)C1=CC(=NO)CC(c2ccc(Cl)c(OC)c2-c2ccccc2F)N1. The molecule has 0 amide bonds. The molecule has 2 N–H and O–H groups in total. The summed E-state index contributed by atoms with van der Waals surface area (Å²) < 4.78 is 24.8. The molecule has 1 aliphatic heterocycles. The average molecular weight is 405 g/mol. The number of allylic oxidation sites excluding steroid dienone is 1. The number of nitrogens with one attached hydrogen (secondary N) is 1. The van der Waals surface area contributed by atoms with E-state index < -0.39 is 17.8 Å². The van der Waals surface area contributed by atoms with Gasteiger partial charge in [0.2, 0.25) is 0 Å². The van der Waals surface area contributed by atoms with Crippen molar-refractivity contribution in [2.75, 3.05) is 14.2 Å². The second-order valence-electron chi connectivity index (χ2n) is 6.07. The van der Waals surface area contributed by atoms with E-state index in [0.717, 1.165) is 0 Å². The van der Waals surface area contributed by atoms with Gasteiger partial charge in [-0.1, -0.05) is 41.0 Å². The molecular formula is C20H18ClFN2O4. The van der Waals surface area contributed by atoms with Crippen molar-refractivity contribution in [3.8, 4) is 16.9 Å². The molecule has 1 atom stereocenters. The molecular weight excluding hydrogens is 387 g/mol. The fourth-order valence-corrected chi connectivity index (χ4v) is 3.44. The number of hydrogen-bond donors (Lipinski definition) is 2. The maximum absolute atomic E-state index is 14.6. The Kier molecular flexibility index (Phi) is 5.84. The van der Waals surface area contributed by atoms with E-state index in [1.165, 1.54) is 26.4 Å². The summed E-state index contributed by atoms with van der Waals surface area (Å²) in [5.74, 6) is -0.748. The summed E-state index contributed by atoms with van der Waals surface area (Å²) in [6.45, 7) is 0. The fraction of sp³-hybridized carbons (Fsp3) is 0.200. The lowest BCUT2D eigenvalue weighted by Gasteiger charge is -2.28. The van der Waals surface area contributed by atoms with Gasteiger partial charge in [-0.3, -0.25) is 0 Å². The van der Waals surface area contributed by atoms with Crippen molar-refractivity contribution in [2.24, 2.45) is 5.16 Å². The second kappa shape index (κ2) is 8.31. The van der Waals surface area contributed by atoms with Gasteiger partial charge >= 0.3 is 5.97 Å². The number of halogens is 2. The Hall–Kier alpha value is -3.06. The first-order valence-corrected chi connectivity index (χ1v) is 8.76. The molecule has 3 rings (SSSR count). The lowest BCUT2D eigenvalue weighted by Crippen LogP contribution is -2.33. The van der Waals surface area contributed by atoms with Crippen molar-refractivity contribution in [1.82, 2.24) is 5.32 Å². The Morgan fingerprint density at radius 3 is 2.68 bits per heavy atom. The van der Waals surface area contributed by atoms with Crippen LogP contribution in [-0.2, 0) is 9.53 Å². The number of methoxy groups -OCH3 is 2. The van der Waals surface area contributed by atoms with Gasteiger partial charge in [-0.05, 0) is 23.8 Å². The number of carbonyl (C=O) groups excluding carboxylic acids is 1. The third-order valence-corrected chi connectivity index (χ3v) is 4.75. The Bertz CT molecular complexity index is 975.